The predicted molar refractivity (Wildman–Crippen MR) is 66.0 cm³/mol. The second-order valence-corrected chi connectivity index (χ2v) is 5.72. The first-order chi connectivity index (χ1) is 7.53. The molecule has 1 aliphatic heterocycles. The fourth-order valence-electron chi connectivity index (χ4n) is 1.94. The van der Waals surface area contributed by atoms with Crippen LogP contribution in [0.5, 0.6) is 0 Å². The van der Waals surface area contributed by atoms with E-state index >= 15 is 0 Å². The average Bonchev–Trinajstić information content (AvgIpc) is 2.50. The van der Waals surface area contributed by atoms with E-state index in [1.165, 1.54) is 10.6 Å². The second-order valence-electron chi connectivity index (χ2n) is 4.20. The Labute approximate surface area is 99.5 Å². The van der Waals surface area contributed by atoms with Crippen LogP contribution in [0, 0.1) is 0 Å². The Kier molecular flexibility index (Phi) is 2.84. The van der Waals surface area contributed by atoms with E-state index in [0.29, 0.717) is 6.42 Å². The van der Waals surface area contributed by atoms with Crippen molar-refractivity contribution in [3.8, 4) is 0 Å². The highest BCUT2D eigenvalue weighted by atomic mass is 32.2. The Morgan fingerprint density at radius 1 is 1.50 bits per heavy atom. The predicted octanol–water partition coefficient (Wildman–Crippen LogP) is 2.81. The van der Waals surface area contributed by atoms with E-state index in [1.807, 2.05) is 19.2 Å². The maximum Gasteiger partial charge on any atom is 0.303 e. The molecule has 0 aromatic heterocycles. The minimum Gasteiger partial charge on any atom is -0.481 e. The molecule has 0 spiro atoms. The Hall–Kier alpha value is -1.16. The summed E-state index contributed by atoms with van der Waals surface area (Å²) in [5.41, 5.74) is 1.19. The molecule has 0 saturated heterocycles. The van der Waals surface area contributed by atoms with E-state index in [4.69, 9.17) is 5.11 Å². The van der Waals surface area contributed by atoms with Crippen LogP contribution in [-0.2, 0) is 4.79 Å². The molecule has 0 saturated carbocycles. The van der Waals surface area contributed by atoms with Crippen molar-refractivity contribution in [1.82, 2.24) is 0 Å². The number of hydrogen-bond acceptors (Lipinski definition) is 3. The van der Waals surface area contributed by atoms with Gasteiger partial charge in [0.25, 0.3) is 0 Å². The number of fused-ring (bicyclic) bond motifs is 1. The van der Waals surface area contributed by atoms with Crippen LogP contribution in [-0.4, -0.2) is 23.0 Å². The number of carboxylic acid groups (broad SMARTS) is 1. The summed E-state index contributed by atoms with van der Waals surface area (Å²) in [6, 6.07) is 8.19. The molecule has 86 valence electrons. The van der Waals surface area contributed by atoms with Gasteiger partial charge in [-0.3, -0.25) is 4.79 Å². The van der Waals surface area contributed by atoms with Gasteiger partial charge in [-0.2, -0.15) is 0 Å². The maximum absolute atomic E-state index is 10.7. The molecule has 4 heteroatoms. The third kappa shape index (κ3) is 1.89. The number of aliphatic carboxylic acids is 1. The molecule has 1 aromatic rings. The summed E-state index contributed by atoms with van der Waals surface area (Å²) in [6.07, 6.45) is 0.861. The average molecular weight is 237 g/mol. The van der Waals surface area contributed by atoms with Crippen LogP contribution in [0.1, 0.15) is 19.8 Å². The zero-order valence-electron chi connectivity index (χ0n) is 9.43. The minimum absolute atomic E-state index is 0.137. The van der Waals surface area contributed by atoms with Gasteiger partial charge in [0.05, 0.1) is 10.6 Å². The molecule has 16 heavy (non-hydrogen) atoms. The van der Waals surface area contributed by atoms with Gasteiger partial charge in [0.2, 0.25) is 0 Å². The molecular formula is C12H15NO2S. The molecule has 0 fully saturated rings. The molecule has 1 heterocycles. The van der Waals surface area contributed by atoms with Gasteiger partial charge in [0, 0.05) is 18.4 Å². The van der Waals surface area contributed by atoms with Gasteiger partial charge in [0.15, 0.2) is 0 Å². The fraction of sp³-hybridized carbons (Fsp3) is 0.417. The number of benzene rings is 1. The van der Waals surface area contributed by atoms with Crippen molar-refractivity contribution in [3.05, 3.63) is 24.3 Å². The van der Waals surface area contributed by atoms with E-state index in [9.17, 15) is 4.79 Å². The van der Waals surface area contributed by atoms with Gasteiger partial charge in [-0.1, -0.05) is 23.9 Å². The fourth-order valence-corrected chi connectivity index (χ4v) is 3.31. The van der Waals surface area contributed by atoms with Crippen LogP contribution in [0.4, 0.5) is 5.69 Å². The number of rotatable bonds is 3. The first kappa shape index (κ1) is 11.3. The molecule has 0 bridgehead atoms. The zero-order valence-corrected chi connectivity index (χ0v) is 10.3. The summed E-state index contributed by atoms with van der Waals surface area (Å²) in [7, 11) is 2.03. The number of para-hydroxylation sites is 1. The lowest BCUT2D eigenvalue weighted by atomic mass is 10.1. The lowest BCUT2D eigenvalue weighted by Gasteiger charge is -2.32. The van der Waals surface area contributed by atoms with Crippen LogP contribution in [0.2, 0.25) is 0 Å². The van der Waals surface area contributed by atoms with Crippen molar-refractivity contribution in [2.75, 3.05) is 11.9 Å². The normalized spacial score (nSPS) is 23.2. The number of carbonyl (C=O) groups is 1. The Balaban J connectivity index is 2.19. The van der Waals surface area contributed by atoms with Gasteiger partial charge >= 0.3 is 5.97 Å². The first-order valence-corrected chi connectivity index (χ1v) is 6.08. The quantitative estimate of drug-likeness (QED) is 0.877. The molecular weight excluding hydrogens is 222 g/mol. The van der Waals surface area contributed by atoms with Crippen LogP contribution in [0.15, 0.2) is 29.2 Å². The summed E-state index contributed by atoms with van der Waals surface area (Å²) >= 11 is 1.75. The molecule has 1 atom stereocenters. The van der Waals surface area contributed by atoms with Crippen molar-refractivity contribution in [1.29, 1.82) is 0 Å². The Morgan fingerprint density at radius 3 is 2.81 bits per heavy atom. The van der Waals surface area contributed by atoms with Gasteiger partial charge < -0.3 is 10.0 Å². The SMILES string of the molecule is CN1c2ccccc2S[C@@]1(C)CCC(=O)O. The number of hydrogen-bond donors (Lipinski definition) is 1. The van der Waals surface area contributed by atoms with Crippen LogP contribution < -0.4 is 4.90 Å². The largest absolute Gasteiger partial charge is 0.481 e. The lowest BCUT2D eigenvalue weighted by Crippen LogP contribution is -2.37. The molecule has 0 radical (unpaired) electrons. The van der Waals surface area contributed by atoms with Gasteiger partial charge in [-0.25, -0.2) is 0 Å². The van der Waals surface area contributed by atoms with Crippen molar-refractivity contribution in [2.24, 2.45) is 0 Å². The first-order valence-electron chi connectivity index (χ1n) is 5.26. The third-order valence-corrected chi connectivity index (χ3v) is 4.55. The van der Waals surface area contributed by atoms with Crippen LogP contribution in [0.3, 0.4) is 0 Å². The lowest BCUT2D eigenvalue weighted by molar-refractivity contribution is -0.137. The molecule has 1 aromatic carbocycles. The van der Waals surface area contributed by atoms with E-state index in [-0.39, 0.29) is 11.3 Å². The summed E-state index contributed by atoms with van der Waals surface area (Å²) in [5.74, 6) is -0.730. The molecule has 2 rings (SSSR count). The van der Waals surface area contributed by atoms with E-state index in [2.05, 4.69) is 24.0 Å². The maximum atomic E-state index is 10.7. The summed E-state index contributed by atoms with van der Waals surface area (Å²) in [5, 5.41) is 8.76. The summed E-state index contributed by atoms with van der Waals surface area (Å²) < 4.78 is 0. The minimum atomic E-state index is -0.730. The molecule has 3 nitrogen and oxygen atoms in total. The number of carboxylic acids is 1. The molecule has 1 N–H and O–H groups in total. The summed E-state index contributed by atoms with van der Waals surface area (Å²) in [4.78, 5) is 13.9. The van der Waals surface area contributed by atoms with Crippen molar-refractivity contribution < 1.29 is 9.90 Å². The van der Waals surface area contributed by atoms with E-state index in [0.717, 1.165) is 0 Å². The van der Waals surface area contributed by atoms with Crippen molar-refractivity contribution >= 4 is 23.4 Å². The molecule has 0 aliphatic carbocycles. The molecule has 1 aliphatic rings. The second kappa shape index (κ2) is 4.01. The topological polar surface area (TPSA) is 40.5 Å². The van der Waals surface area contributed by atoms with Crippen LogP contribution >= 0.6 is 11.8 Å². The van der Waals surface area contributed by atoms with Gasteiger partial charge in [-0.15, -0.1) is 0 Å². The number of anilines is 1. The number of nitrogens with zero attached hydrogens (tertiary/aromatic N) is 1. The highest BCUT2D eigenvalue weighted by Gasteiger charge is 2.38. The van der Waals surface area contributed by atoms with E-state index in [1.54, 1.807) is 11.8 Å². The Bertz CT molecular complexity index is 421. The van der Waals surface area contributed by atoms with Crippen LogP contribution in [0.25, 0.3) is 0 Å². The molecule has 0 amide bonds. The van der Waals surface area contributed by atoms with E-state index < -0.39 is 5.97 Å². The van der Waals surface area contributed by atoms with Crippen molar-refractivity contribution in [2.45, 2.75) is 29.5 Å². The smallest absolute Gasteiger partial charge is 0.303 e. The highest BCUT2D eigenvalue weighted by molar-refractivity contribution is 8.01. The van der Waals surface area contributed by atoms with Crippen molar-refractivity contribution in [3.63, 3.8) is 0 Å². The molecule has 0 unspecified atom stereocenters. The third-order valence-electron chi connectivity index (χ3n) is 3.07. The zero-order chi connectivity index (χ0) is 11.8. The standard InChI is InChI=1S/C12H15NO2S/c1-12(8-7-11(14)15)13(2)9-5-3-4-6-10(9)16-12/h3-6H,7-8H2,1-2H3,(H,14,15)/t12-/m0/s1. The highest BCUT2D eigenvalue weighted by Crippen LogP contribution is 2.50. The van der Waals surface area contributed by atoms with Gasteiger partial charge in [0.1, 0.15) is 0 Å². The Morgan fingerprint density at radius 2 is 2.19 bits per heavy atom. The summed E-state index contributed by atoms with van der Waals surface area (Å²) in [6.45, 7) is 2.10. The number of thioether (sulfide) groups is 1. The van der Waals surface area contributed by atoms with Gasteiger partial charge in [-0.05, 0) is 25.5 Å². The monoisotopic (exact) mass is 237 g/mol.